The Kier molecular flexibility index (Phi) is 5.89. The third-order valence-electron chi connectivity index (χ3n) is 6.02. The minimum absolute atomic E-state index is 0.00183. The minimum Gasteiger partial charge on any atom is -0.382 e. The Balaban J connectivity index is 1.55. The van der Waals surface area contributed by atoms with E-state index in [0.29, 0.717) is 11.6 Å². The molecule has 1 fully saturated rings. The van der Waals surface area contributed by atoms with Crippen molar-refractivity contribution in [2.75, 3.05) is 0 Å². The maximum atomic E-state index is 12.8. The zero-order valence-corrected chi connectivity index (χ0v) is 16.6. The van der Waals surface area contributed by atoms with Crippen LogP contribution in [0.2, 0.25) is 0 Å². The van der Waals surface area contributed by atoms with Gasteiger partial charge >= 0.3 is 0 Å². The fourth-order valence-electron chi connectivity index (χ4n) is 4.27. The molecule has 7 heteroatoms. The number of aromatic nitrogens is 1. The van der Waals surface area contributed by atoms with E-state index in [1.807, 2.05) is 43.3 Å². The van der Waals surface area contributed by atoms with Crippen molar-refractivity contribution in [3.05, 3.63) is 42.1 Å². The molecule has 2 aromatic rings. The first-order chi connectivity index (χ1) is 14.0. The minimum atomic E-state index is -1.38. The van der Waals surface area contributed by atoms with E-state index in [9.17, 15) is 15.0 Å². The number of aliphatic hydroxyl groups excluding tert-OH is 2. The van der Waals surface area contributed by atoms with Crippen LogP contribution in [0.25, 0.3) is 10.9 Å². The molecular weight excluding hydrogens is 368 g/mol. The molecule has 4 atom stereocenters. The van der Waals surface area contributed by atoms with Crippen molar-refractivity contribution >= 4 is 22.5 Å². The lowest BCUT2D eigenvalue weighted by Crippen LogP contribution is -2.55. The van der Waals surface area contributed by atoms with Gasteiger partial charge in [0.15, 0.2) is 0 Å². The average Bonchev–Trinajstić information content (AvgIpc) is 2.75. The van der Waals surface area contributed by atoms with E-state index in [4.69, 9.17) is 0 Å². The Bertz CT molecular complexity index is 910. The summed E-state index contributed by atoms with van der Waals surface area (Å²) in [5, 5.41) is 27.4. The van der Waals surface area contributed by atoms with Gasteiger partial charge in [0.25, 0.3) is 5.91 Å². The van der Waals surface area contributed by atoms with E-state index in [-0.39, 0.29) is 11.8 Å². The molecule has 0 spiro atoms. The van der Waals surface area contributed by atoms with E-state index in [1.54, 1.807) is 0 Å². The Morgan fingerprint density at radius 2 is 1.90 bits per heavy atom. The average molecular weight is 396 g/mol. The van der Waals surface area contributed by atoms with Crippen molar-refractivity contribution in [3.8, 4) is 0 Å². The Labute approximate surface area is 170 Å². The van der Waals surface area contributed by atoms with Crippen LogP contribution in [0.1, 0.15) is 50.9 Å². The van der Waals surface area contributed by atoms with Crippen LogP contribution in [0, 0.1) is 5.92 Å². The summed E-state index contributed by atoms with van der Waals surface area (Å²) < 4.78 is 0. The molecule has 154 valence electrons. The molecule has 1 aromatic carbocycles. The molecule has 0 saturated heterocycles. The topological polar surface area (TPSA) is 107 Å². The number of benzene rings is 1. The monoisotopic (exact) mass is 396 g/mol. The molecule has 7 nitrogen and oxygen atoms in total. The Morgan fingerprint density at radius 1 is 1.14 bits per heavy atom. The largest absolute Gasteiger partial charge is 0.382 e. The summed E-state index contributed by atoms with van der Waals surface area (Å²) >= 11 is 0. The molecule has 4 N–H and O–H groups in total. The molecule has 2 aliphatic rings. The SMILES string of the molecule is C[C@@H](NC(=O)C1=NC(c2ccc3ccccc3n2)NC(O)C1O)C1CCCCC1. The van der Waals surface area contributed by atoms with E-state index in [1.165, 1.54) is 19.3 Å². The van der Waals surface area contributed by atoms with Crippen LogP contribution < -0.4 is 10.6 Å². The number of nitrogens with zero attached hydrogens (tertiary/aromatic N) is 2. The number of carbonyl (C=O) groups excluding carboxylic acids is 1. The standard InChI is InChI=1S/C22H28N4O3/c1-13(14-7-3-2-4-8-14)23-21(28)18-19(27)22(29)26-20(25-18)17-12-11-15-9-5-6-10-16(15)24-17/h5-6,9-14,19-20,22,26-27,29H,2-4,7-8H2,1H3,(H,23,28)/t13-,19?,20?,22?/m1/s1. The van der Waals surface area contributed by atoms with Crippen molar-refractivity contribution < 1.29 is 15.0 Å². The summed E-state index contributed by atoms with van der Waals surface area (Å²) in [4.78, 5) is 21.8. The van der Waals surface area contributed by atoms with Gasteiger partial charge in [-0.15, -0.1) is 0 Å². The number of fused-ring (bicyclic) bond motifs is 1. The molecule has 29 heavy (non-hydrogen) atoms. The molecule has 0 bridgehead atoms. The molecule has 1 saturated carbocycles. The van der Waals surface area contributed by atoms with Crippen LogP contribution in [0.5, 0.6) is 0 Å². The predicted molar refractivity (Wildman–Crippen MR) is 111 cm³/mol. The zero-order valence-electron chi connectivity index (χ0n) is 16.6. The molecule has 0 radical (unpaired) electrons. The van der Waals surface area contributed by atoms with Gasteiger partial charge in [0.1, 0.15) is 24.2 Å². The van der Waals surface area contributed by atoms with Gasteiger partial charge < -0.3 is 15.5 Å². The second-order valence-corrected chi connectivity index (χ2v) is 8.06. The molecule has 1 amide bonds. The first-order valence-corrected chi connectivity index (χ1v) is 10.4. The summed E-state index contributed by atoms with van der Waals surface area (Å²) in [6, 6.07) is 11.5. The Hall–Kier alpha value is -2.35. The summed E-state index contributed by atoms with van der Waals surface area (Å²) in [6.07, 6.45) is 2.44. The predicted octanol–water partition coefficient (Wildman–Crippen LogP) is 2.04. The second kappa shape index (κ2) is 8.57. The van der Waals surface area contributed by atoms with Crippen LogP contribution in [0.3, 0.4) is 0 Å². The van der Waals surface area contributed by atoms with Crippen LogP contribution >= 0.6 is 0 Å². The molecule has 1 aliphatic heterocycles. The van der Waals surface area contributed by atoms with Crippen molar-refractivity contribution in [2.24, 2.45) is 10.9 Å². The smallest absolute Gasteiger partial charge is 0.268 e. The second-order valence-electron chi connectivity index (χ2n) is 8.06. The van der Waals surface area contributed by atoms with Gasteiger partial charge in [0.2, 0.25) is 0 Å². The fourth-order valence-corrected chi connectivity index (χ4v) is 4.27. The van der Waals surface area contributed by atoms with Gasteiger partial charge in [-0.25, -0.2) is 4.98 Å². The molecule has 3 unspecified atom stereocenters. The Morgan fingerprint density at radius 3 is 2.69 bits per heavy atom. The summed E-state index contributed by atoms with van der Waals surface area (Å²) in [6.45, 7) is 2.00. The maximum Gasteiger partial charge on any atom is 0.268 e. The number of hydrogen-bond acceptors (Lipinski definition) is 6. The molecule has 2 heterocycles. The quantitative estimate of drug-likeness (QED) is 0.633. The number of aliphatic imine (C=N–C) groups is 1. The first-order valence-electron chi connectivity index (χ1n) is 10.4. The van der Waals surface area contributed by atoms with Gasteiger partial charge in [-0.1, -0.05) is 43.5 Å². The molecule has 4 rings (SSSR count). The van der Waals surface area contributed by atoms with E-state index in [2.05, 4.69) is 20.6 Å². The fraction of sp³-hybridized carbons (Fsp3) is 0.500. The lowest BCUT2D eigenvalue weighted by atomic mass is 9.84. The van der Waals surface area contributed by atoms with Gasteiger partial charge in [-0.3, -0.25) is 15.1 Å². The highest BCUT2D eigenvalue weighted by molar-refractivity contribution is 6.40. The highest BCUT2D eigenvalue weighted by Gasteiger charge is 2.36. The van der Waals surface area contributed by atoms with E-state index in [0.717, 1.165) is 23.7 Å². The summed E-state index contributed by atoms with van der Waals surface area (Å²) in [7, 11) is 0. The van der Waals surface area contributed by atoms with Crippen LogP contribution in [0.4, 0.5) is 0 Å². The van der Waals surface area contributed by atoms with Crippen molar-refractivity contribution in [3.63, 3.8) is 0 Å². The van der Waals surface area contributed by atoms with Crippen molar-refractivity contribution in [1.29, 1.82) is 0 Å². The number of hydrogen-bond donors (Lipinski definition) is 4. The summed E-state index contributed by atoms with van der Waals surface area (Å²) in [5.41, 5.74) is 1.33. The summed E-state index contributed by atoms with van der Waals surface area (Å²) in [5.74, 6) is 0.0111. The van der Waals surface area contributed by atoms with Crippen LogP contribution in [0.15, 0.2) is 41.4 Å². The number of nitrogens with one attached hydrogen (secondary N) is 2. The third kappa shape index (κ3) is 4.32. The highest BCUT2D eigenvalue weighted by Crippen LogP contribution is 2.27. The number of aliphatic hydroxyl groups is 2. The number of amides is 1. The lowest BCUT2D eigenvalue weighted by Gasteiger charge is -2.32. The lowest BCUT2D eigenvalue weighted by molar-refractivity contribution is -0.117. The number of pyridine rings is 1. The normalized spacial score (nSPS) is 26.7. The van der Waals surface area contributed by atoms with Gasteiger partial charge in [-0.05, 0) is 37.8 Å². The number of para-hydroxylation sites is 1. The maximum absolute atomic E-state index is 12.8. The number of carbonyl (C=O) groups is 1. The van der Waals surface area contributed by atoms with Crippen LogP contribution in [-0.2, 0) is 4.79 Å². The zero-order chi connectivity index (χ0) is 20.4. The van der Waals surface area contributed by atoms with Gasteiger partial charge in [0.05, 0.1) is 11.2 Å². The van der Waals surface area contributed by atoms with E-state index >= 15 is 0 Å². The molecule has 1 aliphatic carbocycles. The highest BCUT2D eigenvalue weighted by atomic mass is 16.3. The van der Waals surface area contributed by atoms with Crippen molar-refractivity contribution in [1.82, 2.24) is 15.6 Å². The van der Waals surface area contributed by atoms with Gasteiger partial charge in [-0.2, -0.15) is 0 Å². The van der Waals surface area contributed by atoms with Gasteiger partial charge in [0, 0.05) is 11.4 Å². The van der Waals surface area contributed by atoms with E-state index < -0.39 is 24.4 Å². The number of rotatable bonds is 4. The molecule has 1 aromatic heterocycles. The van der Waals surface area contributed by atoms with Crippen LogP contribution in [-0.4, -0.2) is 45.2 Å². The first kappa shape index (κ1) is 19.9. The van der Waals surface area contributed by atoms with Crippen molar-refractivity contribution in [2.45, 2.75) is 63.6 Å². The molecular formula is C22H28N4O3. The third-order valence-corrected chi connectivity index (χ3v) is 6.02.